The van der Waals surface area contributed by atoms with Crippen molar-refractivity contribution in [2.75, 3.05) is 10.7 Å². The predicted molar refractivity (Wildman–Crippen MR) is 152 cm³/mol. The van der Waals surface area contributed by atoms with Gasteiger partial charge in [0.05, 0.1) is 11.7 Å². The average molecular weight is 570 g/mol. The Morgan fingerprint density at radius 1 is 1.10 bits per heavy atom. The highest BCUT2D eigenvalue weighted by Gasteiger charge is 2.31. The molecule has 0 fully saturated rings. The van der Waals surface area contributed by atoms with Crippen LogP contribution in [0.2, 0.25) is 0 Å². The van der Waals surface area contributed by atoms with Crippen LogP contribution in [0.5, 0.6) is 5.75 Å². The summed E-state index contributed by atoms with van der Waals surface area (Å²) >= 11 is 5.37. The zero-order valence-electron chi connectivity index (χ0n) is 21.7. The number of benzene rings is 3. The van der Waals surface area contributed by atoms with E-state index in [1.807, 2.05) is 42.5 Å². The Morgan fingerprint density at radius 3 is 2.52 bits per heavy atom. The third-order valence-electron chi connectivity index (χ3n) is 5.73. The van der Waals surface area contributed by atoms with Crippen molar-refractivity contribution in [1.29, 1.82) is 0 Å². The summed E-state index contributed by atoms with van der Waals surface area (Å²) in [6.07, 6.45) is -3.19. The Morgan fingerprint density at radius 2 is 1.82 bits per heavy atom. The molecule has 0 aliphatic heterocycles. The van der Waals surface area contributed by atoms with E-state index in [1.165, 1.54) is 12.1 Å². The number of rotatable bonds is 8. The van der Waals surface area contributed by atoms with Crippen LogP contribution in [-0.2, 0) is 7.05 Å². The van der Waals surface area contributed by atoms with Crippen molar-refractivity contribution in [2.24, 2.45) is 12.1 Å². The number of aromatic nitrogens is 2. The number of hydrogen-bond donors (Lipinski definition) is 4. The number of para-hydroxylation sites is 1. The molecule has 0 saturated heterocycles. The number of halogens is 3. The minimum Gasteiger partial charge on any atom is -0.406 e. The van der Waals surface area contributed by atoms with Crippen LogP contribution in [-0.4, -0.2) is 33.4 Å². The maximum atomic E-state index is 12.4. The fraction of sp³-hybridized carbons (Fsp3) is 0.185. The third-order valence-corrected chi connectivity index (χ3v) is 5.92. The van der Waals surface area contributed by atoms with Crippen LogP contribution in [0.15, 0.2) is 71.8 Å². The number of thiocarbonyl (C=S) groups is 1. The summed E-state index contributed by atoms with van der Waals surface area (Å²) in [5, 5.41) is 12.9. The van der Waals surface area contributed by atoms with Crippen LogP contribution in [0.4, 0.5) is 24.7 Å². The fourth-order valence-corrected chi connectivity index (χ4v) is 4.04. The predicted octanol–water partition coefficient (Wildman–Crippen LogP) is 5.67. The van der Waals surface area contributed by atoms with Gasteiger partial charge in [0.15, 0.2) is 10.9 Å². The van der Waals surface area contributed by atoms with Gasteiger partial charge in [-0.2, -0.15) is 10.2 Å². The number of nitrogens with zero attached hydrogens (tertiary/aromatic N) is 3. The van der Waals surface area contributed by atoms with Crippen molar-refractivity contribution in [1.82, 2.24) is 20.6 Å². The molecule has 208 valence electrons. The van der Waals surface area contributed by atoms with Crippen LogP contribution in [0, 0.1) is 0 Å². The van der Waals surface area contributed by atoms with Crippen molar-refractivity contribution in [3.8, 4) is 5.75 Å². The van der Waals surface area contributed by atoms with Gasteiger partial charge in [0, 0.05) is 23.7 Å². The molecule has 1 amide bonds. The van der Waals surface area contributed by atoms with Crippen molar-refractivity contribution in [3.63, 3.8) is 0 Å². The van der Waals surface area contributed by atoms with Gasteiger partial charge in [-0.15, -0.1) is 13.2 Å². The highest BCUT2D eigenvalue weighted by atomic mass is 32.1. The second-order valence-electron chi connectivity index (χ2n) is 8.97. The van der Waals surface area contributed by atoms with Crippen molar-refractivity contribution in [2.45, 2.75) is 26.1 Å². The molecule has 3 aromatic carbocycles. The SMILES string of the molecule is CC(C)c1ccccc1NC(=S)N/N=C/c1ccc2c(NNC(=O)c3ccc(OC(F)(F)F)cc3)nn(C)c2c1. The highest BCUT2D eigenvalue weighted by Crippen LogP contribution is 2.25. The minimum atomic E-state index is -4.81. The largest absolute Gasteiger partial charge is 0.573 e. The van der Waals surface area contributed by atoms with E-state index >= 15 is 0 Å². The molecule has 0 aliphatic carbocycles. The van der Waals surface area contributed by atoms with Crippen LogP contribution in [0.1, 0.15) is 41.3 Å². The molecule has 0 atom stereocenters. The molecule has 40 heavy (non-hydrogen) atoms. The van der Waals surface area contributed by atoms with E-state index in [9.17, 15) is 18.0 Å². The summed E-state index contributed by atoms with van der Waals surface area (Å²) in [4.78, 5) is 12.4. The number of carbonyl (C=O) groups excluding carboxylic acids is 1. The highest BCUT2D eigenvalue weighted by molar-refractivity contribution is 7.80. The zero-order valence-corrected chi connectivity index (χ0v) is 22.5. The maximum Gasteiger partial charge on any atom is 0.573 e. The van der Waals surface area contributed by atoms with Crippen LogP contribution < -0.4 is 26.3 Å². The summed E-state index contributed by atoms with van der Waals surface area (Å²) in [5.41, 5.74) is 11.8. The van der Waals surface area contributed by atoms with E-state index in [-0.39, 0.29) is 5.56 Å². The first-order valence-corrected chi connectivity index (χ1v) is 12.5. The van der Waals surface area contributed by atoms with Gasteiger partial charge in [-0.3, -0.25) is 25.8 Å². The molecule has 0 spiro atoms. The zero-order chi connectivity index (χ0) is 28.9. The Kier molecular flexibility index (Phi) is 8.53. The molecule has 0 radical (unpaired) electrons. The van der Waals surface area contributed by atoms with Gasteiger partial charge in [-0.05, 0) is 71.7 Å². The monoisotopic (exact) mass is 569 g/mol. The first-order chi connectivity index (χ1) is 19.0. The molecule has 4 aromatic rings. The van der Waals surface area contributed by atoms with E-state index in [1.54, 1.807) is 17.9 Å². The molecule has 1 aromatic heterocycles. The summed E-state index contributed by atoms with van der Waals surface area (Å²) in [6, 6.07) is 18.0. The number of hydrazine groups is 1. The molecular weight excluding hydrogens is 543 g/mol. The van der Waals surface area contributed by atoms with E-state index in [0.29, 0.717) is 16.8 Å². The molecule has 4 rings (SSSR count). The lowest BCUT2D eigenvalue weighted by atomic mass is 10.0. The maximum absolute atomic E-state index is 12.4. The fourth-order valence-electron chi connectivity index (χ4n) is 3.87. The van der Waals surface area contributed by atoms with Gasteiger partial charge < -0.3 is 10.1 Å². The Hall–Kier alpha value is -4.65. The summed E-state index contributed by atoms with van der Waals surface area (Å²) < 4.78 is 42.4. The number of hydrogen-bond acceptors (Lipinski definition) is 6. The average Bonchev–Trinajstić information content (AvgIpc) is 3.21. The molecule has 9 nitrogen and oxygen atoms in total. The van der Waals surface area contributed by atoms with E-state index in [2.05, 4.69) is 50.4 Å². The molecule has 13 heteroatoms. The minimum absolute atomic E-state index is 0.133. The second kappa shape index (κ2) is 12.0. The number of aryl methyl sites for hydroxylation is 1. The number of alkyl halides is 3. The standard InChI is InChI=1S/C27H26F3N7O2S/c1-16(2)20-6-4-5-7-22(20)32-26(40)35-31-15-17-8-13-21-23(14-17)37(3)36-24(21)33-34-25(38)18-9-11-19(12-10-18)39-27(28,29)30/h4-16H,1-3H3,(H,33,36)(H,34,38)(H2,32,35,40)/b31-15+. The van der Waals surface area contributed by atoms with Gasteiger partial charge in [0.25, 0.3) is 5.91 Å². The first-order valence-electron chi connectivity index (χ1n) is 12.1. The Balaban J connectivity index is 1.36. The molecule has 0 saturated carbocycles. The van der Waals surface area contributed by atoms with Gasteiger partial charge in [0.1, 0.15) is 5.75 Å². The van der Waals surface area contributed by atoms with Crippen molar-refractivity contribution in [3.05, 3.63) is 83.4 Å². The number of anilines is 2. The molecule has 0 unspecified atom stereocenters. The second-order valence-corrected chi connectivity index (χ2v) is 9.37. The molecule has 4 N–H and O–H groups in total. The Labute approximate surface area is 233 Å². The summed E-state index contributed by atoms with van der Waals surface area (Å²) in [6.45, 7) is 4.22. The topological polar surface area (TPSA) is 105 Å². The van der Waals surface area contributed by atoms with E-state index in [4.69, 9.17) is 12.2 Å². The lowest BCUT2D eigenvalue weighted by Crippen LogP contribution is -2.29. The molecule has 0 bridgehead atoms. The molecule has 1 heterocycles. The Bertz CT molecular complexity index is 1550. The van der Waals surface area contributed by atoms with Crippen LogP contribution in [0.25, 0.3) is 10.9 Å². The van der Waals surface area contributed by atoms with Gasteiger partial charge >= 0.3 is 6.36 Å². The van der Waals surface area contributed by atoms with Crippen LogP contribution >= 0.6 is 12.2 Å². The lowest BCUT2D eigenvalue weighted by Gasteiger charge is -2.14. The number of hydrazone groups is 1. The van der Waals surface area contributed by atoms with Gasteiger partial charge in [-0.25, -0.2) is 0 Å². The number of amides is 1. The number of carbonyl (C=O) groups is 1. The van der Waals surface area contributed by atoms with E-state index in [0.717, 1.165) is 39.8 Å². The lowest BCUT2D eigenvalue weighted by molar-refractivity contribution is -0.274. The number of fused-ring (bicyclic) bond motifs is 1. The van der Waals surface area contributed by atoms with Crippen LogP contribution in [0.3, 0.4) is 0 Å². The van der Waals surface area contributed by atoms with Crippen molar-refractivity contribution < 1.29 is 22.7 Å². The van der Waals surface area contributed by atoms with Gasteiger partial charge in [0.2, 0.25) is 0 Å². The molecule has 0 aliphatic rings. The summed E-state index contributed by atoms with van der Waals surface area (Å²) in [5.74, 6) is -0.259. The van der Waals surface area contributed by atoms with E-state index < -0.39 is 18.0 Å². The number of nitrogens with one attached hydrogen (secondary N) is 4. The molecular formula is C27H26F3N7O2S. The van der Waals surface area contributed by atoms with Crippen molar-refractivity contribution >= 4 is 51.9 Å². The smallest absolute Gasteiger partial charge is 0.406 e. The third kappa shape index (κ3) is 7.26. The quantitative estimate of drug-likeness (QED) is 0.123. The first kappa shape index (κ1) is 28.4. The summed E-state index contributed by atoms with van der Waals surface area (Å²) in [7, 11) is 1.75. The normalized spacial score (nSPS) is 11.6. The number of ether oxygens (including phenoxy) is 1. The van der Waals surface area contributed by atoms with Gasteiger partial charge in [-0.1, -0.05) is 38.1 Å².